The predicted octanol–water partition coefficient (Wildman–Crippen LogP) is 3.39. The molecular formula is C14H20ClNO. The van der Waals surface area contributed by atoms with Crippen LogP contribution in [-0.2, 0) is 11.3 Å². The second-order valence-corrected chi connectivity index (χ2v) is 5.27. The van der Waals surface area contributed by atoms with Crippen LogP contribution < -0.4 is 5.32 Å². The second kappa shape index (κ2) is 5.85. The zero-order valence-electron chi connectivity index (χ0n) is 10.3. The summed E-state index contributed by atoms with van der Waals surface area (Å²) in [6, 6.07) is 7.90. The highest BCUT2D eigenvalue weighted by Gasteiger charge is 2.33. The van der Waals surface area contributed by atoms with Gasteiger partial charge in [-0.1, -0.05) is 36.6 Å². The SMILES string of the molecule is CNCC1(OCc2ccc(Cl)cc2)CCCC1. The first-order chi connectivity index (χ1) is 8.24. The van der Waals surface area contributed by atoms with Gasteiger partial charge in [-0.05, 0) is 37.6 Å². The van der Waals surface area contributed by atoms with Crippen molar-refractivity contribution < 1.29 is 4.74 Å². The number of ether oxygens (including phenoxy) is 1. The summed E-state index contributed by atoms with van der Waals surface area (Å²) in [5.74, 6) is 0. The number of nitrogens with one attached hydrogen (secondary N) is 1. The van der Waals surface area contributed by atoms with E-state index in [0.29, 0.717) is 6.61 Å². The molecule has 1 aliphatic rings. The van der Waals surface area contributed by atoms with Crippen LogP contribution in [0.5, 0.6) is 0 Å². The van der Waals surface area contributed by atoms with E-state index in [1.807, 2.05) is 31.3 Å². The molecule has 17 heavy (non-hydrogen) atoms. The van der Waals surface area contributed by atoms with Crippen LogP contribution in [0.2, 0.25) is 5.02 Å². The average molecular weight is 254 g/mol. The summed E-state index contributed by atoms with van der Waals surface area (Å²) in [7, 11) is 1.99. The van der Waals surface area contributed by atoms with Crippen molar-refractivity contribution in [2.45, 2.75) is 37.9 Å². The first kappa shape index (κ1) is 12.9. The van der Waals surface area contributed by atoms with Crippen molar-refractivity contribution in [1.29, 1.82) is 0 Å². The van der Waals surface area contributed by atoms with Crippen LogP contribution >= 0.6 is 11.6 Å². The quantitative estimate of drug-likeness (QED) is 0.869. The minimum atomic E-state index is 0.0500. The highest BCUT2D eigenvalue weighted by Crippen LogP contribution is 2.33. The van der Waals surface area contributed by atoms with Gasteiger partial charge in [0.1, 0.15) is 0 Å². The van der Waals surface area contributed by atoms with E-state index in [0.717, 1.165) is 11.6 Å². The maximum atomic E-state index is 6.15. The van der Waals surface area contributed by atoms with E-state index in [2.05, 4.69) is 5.32 Å². The molecular weight excluding hydrogens is 234 g/mol. The van der Waals surface area contributed by atoms with Crippen LogP contribution in [0, 0.1) is 0 Å². The summed E-state index contributed by atoms with van der Waals surface area (Å²) in [5.41, 5.74) is 1.24. The molecule has 1 aromatic carbocycles. The van der Waals surface area contributed by atoms with E-state index >= 15 is 0 Å². The van der Waals surface area contributed by atoms with Crippen molar-refractivity contribution in [2.75, 3.05) is 13.6 Å². The smallest absolute Gasteiger partial charge is 0.0810 e. The Morgan fingerprint density at radius 2 is 1.88 bits per heavy atom. The molecule has 1 aliphatic carbocycles. The Bertz CT molecular complexity index is 344. The molecule has 0 bridgehead atoms. The lowest BCUT2D eigenvalue weighted by atomic mass is 10.0. The zero-order valence-corrected chi connectivity index (χ0v) is 11.1. The molecule has 0 saturated heterocycles. The molecule has 0 atom stereocenters. The standard InChI is InChI=1S/C14H20ClNO/c1-16-11-14(8-2-3-9-14)17-10-12-4-6-13(15)7-5-12/h4-7,16H,2-3,8-11H2,1H3. The van der Waals surface area contributed by atoms with Crippen LogP contribution in [0.15, 0.2) is 24.3 Å². The Morgan fingerprint density at radius 1 is 1.24 bits per heavy atom. The number of hydrogen-bond acceptors (Lipinski definition) is 2. The summed E-state index contributed by atoms with van der Waals surface area (Å²) in [5, 5.41) is 4.03. The lowest BCUT2D eigenvalue weighted by Crippen LogP contribution is -2.39. The van der Waals surface area contributed by atoms with Crippen LogP contribution in [0.25, 0.3) is 0 Å². The number of likely N-dealkylation sites (N-methyl/N-ethyl adjacent to an activating group) is 1. The molecule has 0 aliphatic heterocycles. The van der Waals surface area contributed by atoms with Crippen LogP contribution in [-0.4, -0.2) is 19.2 Å². The molecule has 0 amide bonds. The molecule has 3 heteroatoms. The predicted molar refractivity (Wildman–Crippen MR) is 71.4 cm³/mol. The molecule has 1 saturated carbocycles. The molecule has 1 fully saturated rings. The Morgan fingerprint density at radius 3 is 2.47 bits per heavy atom. The highest BCUT2D eigenvalue weighted by molar-refractivity contribution is 6.30. The molecule has 0 radical (unpaired) electrons. The van der Waals surface area contributed by atoms with Crippen LogP contribution in [0.1, 0.15) is 31.2 Å². The van der Waals surface area contributed by atoms with Crippen LogP contribution in [0.4, 0.5) is 0 Å². The van der Waals surface area contributed by atoms with Crippen molar-refractivity contribution in [3.63, 3.8) is 0 Å². The fraction of sp³-hybridized carbons (Fsp3) is 0.571. The van der Waals surface area contributed by atoms with Crippen molar-refractivity contribution in [2.24, 2.45) is 0 Å². The van der Waals surface area contributed by atoms with Gasteiger partial charge in [0.05, 0.1) is 12.2 Å². The van der Waals surface area contributed by atoms with Gasteiger partial charge < -0.3 is 10.1 Å². The minimum absolute atomic E-state index is 0.0500. The fourth-order valence-corrected chi connectivity index (χ4v) is 2.66. The number of rotatable bonds is 5. The summed E-state index contributed by atoms with van der Waals surface area (Å²) in [6.45, 7) is 1.62. The van der Waals surface area contributed by atoms with Gasteiger partial charge in [-0.25, -0.2) is 0 Å². The van der Waals surface area contributed by atoms with E-state index in [4.69, 9.17) is 16.3 Å². The molecule has 0 spiro atoms. The van der Waals surface area contributed by atoms with Gasteiger partial charge in [0, 0.05) is 11.6 Å². The normalized spacial score (nSPS) is 18.5. The molecule has 2 nitrogen and oxygen atoms in total. The van der Waals surface area contributed by atoms with Gasteiger partial charge in [-0.15, -0.1) is 0 Å². The number of halogens is 1. The summed E-state index contributed by atoms with van der Waals surface area (Å²) < 4.78 is 6.15. The van der Waals surface area contributed by atoms with Crippen molar-refractivity contribution in [3.8, 4) is 0 Å². The lowest BCUT2D eigenvalue weighted by molar-refractivity contribution is -0.0493. The lowest BCUT2D eigenvalue weighted by Gasteiger charge is -2.29. The van der Waals surface area contributed by atoms with Crippen LogP contribution in [0.3, 0.4) is 0 Å². The van der Waals surface area contributed by atoms with E-state index < -0.39 is 0 Å². The van der Waals surface area contributed by atoms with E-state index in [-0.39, 0.29) is 5.60 Å². The van der Waals surface area contributed by atoms with Crippen molar-refractivity contribution in [1.82, 2.24) is 5.32 Å². The van der Waals surface area contributed by atoms with Gasteiger partial charge in [0.25, 0.3) is 0 Å². The fourth-order valence-electron chi connectivity index (χ4n) is 2.53. The van der Waals surface area contributed by atoms with E-state index in [1.54, 1.807) is 0 Å². The zero-order chi connectivity index (χ0) is 12.1. The average Bonchev–Trinajstić information content (AvgIpc) is 2.78. The van der Waals surface area contributed by atoms with Gasteiger partial charge in [0.15, 0.2) is 0 Å². The van der Waals surface area contributed by atoms with E-state index in [9.17, 15) is 0 Å². The Labute approximate surface area is 108 Å². The molecule has 0 heterocycles. The van der Waals surface area contributed by atoms with E-state index in [1.165, 1.54) is 31.2 Å². The molecule has 94 valence electrons. The van der Waals surface area contributed by atoms with Gasteiger partial charge in [0.2, 0.25) is 0 Å². The third kappa shape index (κ3) is 3.44. The number of benzene rings is 1. The van der Waals surface area contributed by atoms with Gasteiger partial charge in [-0.2, -0.15) is 0 Å². The molecule has 0 unspecified atom stereocenters. The summed E-state index contributed by atoms with van der Waals surface area (Å²) >= 11 is 5.87. The van der Waals surface area contributed by atoms with Crippen molar-refractivity contribution in [3.05, 3.63) is 34.9 Å². The monoisotopic (exact) mass is 253 g/mol. The molecule has 2 rings (SSSR count). The number of hydrogen-bond donors (Lipinski definition) is 1. The first-order valence-corrected chi connectivity index (χ1v) is 6.65. The van der Waals surface area contributed by atoms with Crippen molar-refractivity contribution >= 4 is 11.6 Å². The molecule has 1 aromatic rings. The van der Waals surface area contributed by atoms with Gasteiger partial charge >= 0.3 is 0 Å². The first-order valence-electron chi connectivity index (χ1n) is 6.27. The summed E-state index contributed by atoms with van der Waals surface area (Å²) in [4.78, 5) is 0. The largest absolute Gasteiger partial charge is 0.369 e. The third-order valence-electron chi connectivity index (χ3n) is 3.47. The molecule has 1 N–H and O–H groups in total. The summed E-state index contributed by atoms with van der Waals surface area (Å²) in [6.07, 6.45) is 4.90. The Balaban J connectivity index is 1.93. The Hall–Kier alpha value is -0.570. The maximum Gasteiger partial charge on any atom is 0.0810 e. The molecule has 0 aromatic heterocycles. The highest BCUT2D eigenvalue weighted by atomic mass is 35.5. The second-order valence-electron chi connectivity index (χ2n) is 4.84. The van der Waals surface area contributed by atoms with Gasteiger partial charge in [-0.3, -0.25) is 0 Å². The Kier molecular flexibility index (Phi) is 4.43. The third-order valence-corrected chi connectivity index (χ3v) is 3.72. The maximum absolute atomic E-state index is 6.15. The topological polar surface area (TPSA) is 21.3 Å². The minimum Gasteiger partial charge on any atom is -0.369 e.